The van der Waals surface area contributed by atoms with Gasteiger partial charge in [-0.1, -0.05) is 6.07 Å². The van der Waals surface area contributed by atoms with Crippen molar-refractivity contribution in [3.63, 3.8) is 0 Å². The van der Waals surface area contributed by atoms with E-state index in [0.29, 0.717) is 35.1 Å². The predicted octanol–water partition coefficient (Wildman–Crippen LogP) is 2.65. The first kappa shape index (κ1) is 20.0. The average molecular weight is 412 g/mol. The van der Waals surface area contributed by atoms with Crippen LogP contribution in [0.25, 0.3) is 0 Å². The van der Waals surface area contributed by atoms with Gasteiger partial charge in [-0.15, -0.1) is 0 Å². The Morgan fingerprint density at radius 1 is 1.13 bits per heavy atom. The molecule has 30 heavy (non-hydrogen) atoms. The summed E-state index contributed by atoms with van der Waals surface area (Å²) in [7, 11) is 0. The minimum atomic E-state index is -0.373. The van der Waals surface area contributed by atoms with Crippen LogP contribution >= 0.6 is 0 Å². The fraction of sp³-hybridized carbons (Fsp3) is 0.364. The number of nitrogens with one attached hydrogen (secondary N) is 2. The Labute approximate surface area is 174 Å². The molecule has 1 atom stereocenters. The standard InChI is InChI=1S/C22H24N2O6/c1-14-4-6-17(19(9-14)28-12-16-3-2-8-27-16)24-21(25)11-23-22(26)15-5-7-18-20(10-15)30-13-29-18/h4-7,9-10,16H,2-3,8,11-13H2,1H3,(H,23,26)(H,24,25). The second-order valence-corrected chi connectivity index (χ2v) is 7.24. The molecular formula is C22H24N2O6. The topological polar surface area (TPSA) is 95.1 Å². The normalized spacial score (nSPS) is 16.9. The molecule has 1 unspecified atom stereocenters. The molecule has 2 heterocycles. The largest absolute Gasteiger partial charge is 0.489 e. The van der Waals surface area contributed by atoms with Crippen molar-refractivity contribution in [1.82, 2.24) is 5.32 Å². The van der Waals surface area contributed by atoms with Crippen molar-refractivity contribution >= 4 is 17.5 Å². The van der Waals surface area contributed by atoms with Crippen LogP contribution in [0.2, 0.25) is 0 Å². The number of ether oxygens (including phenoxy) is 4. The number of amides is 2. The van der Waals surface area contributed by atoms with E-state index in [1.807, 2.05) is 19.1 Å². The summed E-state index contributed by atoms with van der Waals surface area (Å²) in [5.74, 6) is 0.969. The zero-order valence-corrected chi connectivity index (χ0v) is 16.7. The lowest BCUT2D eigenvalue weighted by atomic mass is 10.2. The highest BCUT2D eigenvalue weighted by atomic mass is 16.7. The molecule has 8 heteroatoms. The Bertz CT molecular complexity index is 939. The number of carbonyl (C=O) groups excluding carboxylic acids is 2. The molecule has 2 aromatic rings. The lowest BCUT2D eigenvalue weighted by molar-refractivity contribution is -0.115. The first-order valence-corrected chi connectivity index (χ1v) is 9.91. The van der Waals surface area contributed by atoms with Crippen molar-refractivity contribution in [3.05, 3.63) is 47.5 Å². The number of carbonyl (C=O) groups is 2. The number of rotatable bonds is 7. The van der Waals surface area contributed by atoms with Crippen molar-refractivity contribution in [3.8, 4) is 17.2 Å². The zero-order valence-electron chi connectivity index (χ0n) is 16.7. The van der Waals surface area contributed by atoms with Gasteiger partial charge in [-0.3, -0.25) is 9.59 Å². The van der Waals surface area contributed by atoms with Crippen molar-refractivity contribution < 1.29 is 28.5 Å². The lowest BCUT2D eigenvalue weighted by Gasteiger charge is -2.16. The molecule has 8 nitrogen and oxygen atoms in total. The van der Waals surface area contributed by atoms with Gasteiger partial charge in [-0.25, -0.2) is 0 Å². The van der Waals surface area contributed by atoms with Gasteiger partial charge in [0.1, 0.15) is 12.4 Å². The van der Waals surface area contributed by atoms with E-state index in [1.54, 1.807) is 24.3 Å². The summed E-state index contributed by atoms with van der Waals surface area (Å²) in [6.45, 7) is 3.11. The fourth-order valence-corrected chi connectivity index (χ4v) is 3.31. The summed E-state index contributed by atoms with van der Waals surface area (Å²) in [5, 5.41) is 5.41. The van der Waals surface area contributed by atoms with E-state index >= 15 is 0 Å². The van der Waals surface area contributed by atoms with Gasteiger partial charge >= 0.3 is 0 Å². The number of hydrogen-bond acceptors (Lipinski definition) is 6. The number of anilines is 1. The van der Waals surface area contributed by atoms with Crippen molar-refractivity contribution in [2.24, 2.45) is 0 Å². The number of hydrogen-bond donors (Lipinski definition) is 2. The Morgan fingerprint density at radius 2 is 2.00 bits per heavy atom. The fourth-order valence-electron chi connectivity index (χ4n) is 3.31. The van der Waals surface area contributed by atoms with Crippen LogP contribution in [0.15, 0.2) is 36.4 Å². The van der Waals surface area contributed by atoms with Crippen molar-refractivity contribution in [2.45, 2.75) is 25.9 Å². The first-order chi connectivity index (χ1) is 14.6. The van der Waals surface area contributed by atoms with Gasteiger partial charge in [0.2, 0.25) is 12.7 Å². The minimum Gasteiger partial charge on any atom is -0.489 e. The highest BCUT2D eigenvalue weighted by molar-refractivity contribution is 6.00. The lowest BCUT2D eigenvalue weighted by Crippen LogP contribution is -2.33. The van der Waals surface area contributed by atoms with Crippen molar-refractivity contribution in [1.29, 1.82) is 0 Å². The molecule has 0 aromatic heterocycles. The molecule has 0 aliphatic carbocycles. The van der Waals surface area contributed by atoms with Crippen LogP contribution in [0.4, 0.5) is 5.69 Å². The summed E-state index contributed by atoms with van der Waals surface area (Å²) >= 11 is 0. The molecule has 1 saturated heterocycles. The molecule has 0 radical (unpaired) electrons. The van der Waals surface area contributed by atoms with Gasteiger partial charge in [0.25, 0.3) is 5.91 Å². The molecule has 0 bridgehead atoms. The van der Waals surface area contributed by atoms with Gasteiger partial charge in [-0.05, 0) is 55.7 Å². The summed E-state index contributed by atoms with van der Waals surface area (Å²) < 4.78 is 22.0. The summed E-state index contributed by atoms with van der Waals surface area (Å²) in [5.41, 5.74) is 1.97. The van der Waals surface area contributed by atoms with Crippen LogP contribution in [0.1, 0.15) is 28.8 Å². The predicted molar refractivity (Wildman–Crippen MR) is 109 cm³/mol. The van der Waals surface area contributed by atoms with Crippen LogP contribution in [-0.2, 0) is 9.53 Å². The number of fused-ring (bicyclic) bond motifs is 1. The quantitative estimate of drug-likeness (QED) is 0.726. The highest BCUT2D eigenvalue weighted by Crippen LogP contribution is 2.32. The maximum absolute atomic E-state index is 12.4. The Kier molecular flexibility index (Phi) is 6.04. The maximum atomic E-state index is 12.4. The molecule has 2 aliphatic heterocycles. The van der Waals surface area contributed by atoms with E-state index < -0.39 is 0 Å². The third kappa shape index (κ3) is 4.83. The van der Waals surface area contributed by atoms with Gasteiger partial charge < -0.3 is 29.6 Å². The summed E-state index contributed by atoms with van der Waals surface area (Å²) in [6, 6.07) is 10.4. The van der Waals surface area contributed by atoms with Gasteiger partial charge in [-0.2, -0.15) is 0 Å². The second kappa shape index (κ2) is 9.04. The second-order valence-electron chi connectivity index (χ2n) is 7.24. The van der Waals surface area contributed by atoms with E-state index in [4.69, 9.17) is 18.9 Å². The Hall–Kier alpha value is -3.26. The van der Waals surface area contributed by atoms with Crippen LogP contribution in [0.5, 0.6) is 17.2 Å². The van der Waals surface area contributed by atoms with Crippen LogP contribution in [-0.4, -0.2) is 44.5 Å². The summed E-state index contributed by atoms with van der Waals surface area (Å²) in [4.78, 5) is 24.7. The molecule has 2 aliphatic rings. The van der Waals surface area contributed by atoms with E-state index in [-0.39, 0.29) is 31.3 Å². The smallest absolute Gasteiger partial charge is 0.251 e. The third-order valence-corrected chi connectivity index (χ3v) is 4.90. The molecule has 1 fully saturated rings. The molecular weight excluding hydrogens is 388 g/mol. The highest BCUT2D eigenvalue weighted by Gasteiger charge is 2.19. The average Bonchev–Trinajstić information content (AvgIpc) is 3.43. The Morgan fingerprint density at radius 3 is 2.83 bits per heavy atom. The van der Waals surface area contributed by atoms with E-state index in [1.165, 1.54) is 0 Å². The molecule has 2 N–H and O–H groups in total. The van der Waals surface area contributed by atoms with Crippen LogP contribution < -0.4 is 24.8 Å². The van der Waals surface area contributed by atoms with E-state index in [0.717, 1.165) is 25.0 Å². The minimum absolute atomic E-state index is 0.0788. The van der Waals surface area contributed by atoms with Gasteiger partial charge in [0, 0.05) is 12.2 Å². The van der Waals surface area contributed by atoms with Gasteiger partial charge in [0.15, 0.2) is 11.5 Å². The molecule has 4 rings (SSSR count). The molecule has 2 aromatic carbocycles. The molecule has 0 spiro atoms. The number of aryl methyl sites for hydroxylation is 1. The van der Waals surface area contributed by atoms with Crippen molar-refractivity contribution in [2.75, 3.05) is 31.9 Å². The SMILES string of the molecule is Cc1ccc(NC(=O)CNC(=O)c2ccc3c(c2)OCO3)c(OCC2CCCO2)c1. The Balaban J connectivity index is 1.32. The van der Waals surface area contributed by atoms with Crippen LogP contribution in [0.3, 0.4) is 0 Å². The maximum Gasteiger partial charge on any atom is 0.251 e. The third-order valence-electron chi connectivity index (χ3n) is 4.90. The summed E-state index contributed by atoms with van der Waals surface area (Å²) in [6.07, 6.45) is 2.09. The van der Waals surface area contributed by atoms with Crippen LogP contribution in [0, 0.1) is 6.92 Å². The van der Waals surface area contributed by atoms with E-state index in [9.17, 15) is 9.59 Å². The molecule has 2 amide bonds. The number of benzene rings is 2. The zero-order chi connectivity index (χ0) is 20.9. The van der Waals surface area contributed by atoms with Gasteiger partial charge in [0.05, 0.1) is 18.3 Å². The molecule has 0 saturated carbocycles. The first-order valence-electron chi connectivity index (χ1n) is 9.91. The van der Waals surface area contributed by atoms with E-state index in [2.05, 4.69) is 10.6 Å². The monoisotopic (exact) mass is 412 g/mol. The molecule has 158 valence electrons.